The summed E-state index contributed by atoms with van der Waals surface area (Å²) < 4.78 is 0. The monoisotopic (exact) mass is 509 g/mol. The molecule has 196 valence electrons. The molecular weight excluding hydrogens is 474 g/mol. The fourth-order valence-electron chi connectivity index (χ4n) is 4.99. The third kappa shape index (κ3) is 5.97. The van der Waals surface area contributed by atoms with Gasteiger partial charge in [-0.1, -0.05) is 11.6 Å². The van der Waals surface area contributed by atoms with E-state index in [4.69, 9.17) is 0 Å². The summed E-state index contributed by atoms with van der Waals surface area (Å²) in [5, 5.41) is 6.30. The van der Waals surface area contributed by atoms with Gasteiger partial charge in [0.15, 0.2) is 0 Å². The van der Waals surface area contributed by atoms with Gasteiger partial charge in [-0.2, -0.15) is 0 Å². The highest BCUT2D eigenvalue weighted by molar-refractivity contribution is 5.96. The lowest BCUT2D eigenvalue weighted by atomic mass is 9.90. The molecule has 5 rings (SSSR count). The minimum atomic E-state index is -0.173. The van der Waals surface area contributed by atoms with Crippen LogP contribution in [0.25, 0.3) is 11.3 Å². The Kier molecular flexibility index (Phi) is 7.33. The largest absolute Gasteiger partial charge is 0.326 e. The van der Waals surface area contributed by atoms with Crippen molar-refractivity contribution in [2.24, 2.45) is 5.92 Å². The summed E-state index contributed by atoms with van der Waals surface area (Å²) in [5.41, 5.74) is 6.22. The number of carbonyl (C=O) groups is 1. The second kappa shape index (κ2) is 10.8. The number of aromatic nitrogens is 4. The van der Waals surface area contributed by atoms with Crippen LogP contribution in [-0.2, 0) is 0 Å². The Morgan fingerprint density at radius 3 is 2.66 bits per heavy atom. The van der Waals surface area contributed by atoms with Crippen LogP contribution in [0.3, 0.4) is 0 Å². The number of nitrogens with zero attached hydrogens (tertiary/aromatic N) is 5. The van der Waals surface area contributed by atoms with Crippen LogP contribution in [0.15, 0.2) is 72.5 Å². The maximum absolute atomic E-state index is 13.1. The Bertz CT molecular complexity index is 1370. The number of hydrogen-bond donors (Lipinski definition) is 2. The first-order chi connectivity index (χ1) is 18.3. The summed E-state index contributed by atoms with van der Waals surface area (Å²) in [4.78, 5) is 33.2. The van der Waals surface area contributed by atoms with Gasteiger partial charge in [-0.25, -0.2) is 9.97 Å². The Morgan fingerprint density at radius 2 is 1.95 bits per heavy atom. The van der Waals surface area contributed by atoms with E-state index in [0.29, 0.717) is 23.1 Å². The average molecular weight is 510 g/mol. The molecule has 8 heteroatoms. The molecule has 1 fully saturated rings. The summed E-state index contributed by atoms with van der Waals surface area (Å²) in [6.45, 7) is 11.0. The third-order valence-corrected chi connectivity index (χ3v) is 7.33. The van der Waals surface area contributed by atoms with Gasteiger partial charge in [0, 0.05) is 48.1 Å². The number of amides is 1. The van der Waals surface area contributed by atoms with E-state index in [0.717, 1.165) is 48.6 Å². The maximum Gasteiger partial charge on any atom is 0.257 e. The number of anilines is 2. The first kappa shape index (κ1) is 25.7. The number of rotatable bonds is 6. The SMILES string of the molecule is Cc1ncc(C(=O)NC2=CC=C(C3CCN(C(C)(C)C)C3)CC2)cc1Nc1nccc(-c2cccnc2)n1. The Labute approximate surface area is 224 Å². The Balaban J connectivity index is 1.25. The van der Waals surface area contributed by atoms with Gasteiger partial charge in [0.05, 0.1) is 22.6 Å². The van der Waals surface area contributed by atoms with Gasteiger partial charge in [0.25, 0.3) is 5.91 Å². The smallest absolute Gasteiger partial charge is 0.257 e. The molecule has 8 nitrogen and oxygen atoms in total. The highest BCUT2D eigenvalue weighted by atomic mass is 16.1. The highest BCUT2D eigenvalue weighted by Gasteiger charge is 2.32. The summed E-state index contributed by atoms with van der Waals surface area (Å²) in [5.74, 6) is 0.864. The molecule has 0 bridgehead atoms. The molecular formula is C30H35N7O. The Hall–Kier alpha value is -3.91. The van der Waals surface area contributed by atoms with E-state index in [-0.39, 0.29) is 11.4 Å². The van der Waals surface area contributed by atoms with Crippen LogP contribution in [0.1, 0.15) is 56.1 Å². The second-order valence-corrected chi connectivity index (χ2v) is 11.0. The van der Waals surface area contributed by atoms with E-state index in [9.17, 15) is 4.79 Å². The maximum atomic E-state index is 13.1. The normalized spacial score (nSPS) is 18.1. The van der Waals surface area contributed by atoms with Crippen molar-refractivity contribution in [3.05, 3.63) is 83.7 Å². The first-order valence-electron chi connectivity index (χ1n) is 13.2. The average Bonchev–Trinajstić information content (AvgIpc) is 3.42. The van der Waals surface area contributed by atoms with Crippen molar-refractivity contribution in [1.82, 2.24) is 30.2 Å². The molecule has 1 atom stereocenters. The van der Waals surface area contributed by atoms with E-state index >= 15 is 0 Å². The number of aryl methyl sites for hydroxylation is 1. The number of hydrogen-bond acceptors (Lipinski definition) is 7. The van der Waals surface area contributed by atoms with Crippen molar-refractivity contribution in [3.63, 3.8) is 0 Å². The summed E-state index contributed by atoms with van der Waals surface area (Å²) in [6.07, 6.45) is 14.1. The van der Waals surface area contributed by atoms with Crippen LogP contribution in [0.5, 0.6) is 0 Å². The second-order valence-electron chi connectivity index (χ2n) is 11.0. The van der Waals surface area contributed by atoms with Crippen LogP contribution < -0.4 is 10.6 Å². The molecule has 1 unspecified atom stereocenters. The highest BCUT2D eigenvalue weighted by Crippen LogP contribution is 2.33. The van der Waals surface area contributed by atoms with Crippen molar-refractivity contribution in [3.8, 4) is 11.3 Å². The lowest BCUT2D eigenvalue weighted by Gasteiger charge is -2.32. The van der Waals surface area contributed by atoms with E-state index in [1.165, 1.54) is 12.0 Å². The molecule has 0 spiro atoms. The van der Waals surface area contributed by atoms with E-state index < -0.39 is 0 Å². The summed E-state index contributed by atoms with van der Waals surface area (Å²) in [7, 11) is 0. The third-order valence-electron chi connectivity index (χ3n) is 7.33. The minimum Gasteiger partial charge on any atom is -0.326 e. The molecule has 1 aliphatic carbocycles. The predicted octanol–water partition coefficient (Wildman–Crippen LogP) is 5.44. The first-order valence-corrected chi connectivity index (χ1v) is 13.2. The molecule has 4 heterocycles. The van der Waals surface area contributed by atoms with Crippen molar-refractivity contribution >= 4 is 17.5 Å². The lowest BCUT2D eigenvalue weighted by molar-refractivity contribution is 0.0964. The molecule has 1 saturated heterocycles. The van der Waals surface area contributed by atoms with Crippen molar-refractivity contribution < 1.29 is 4.79 Å². The fraction of sp³-hybridized carbons (Fsp3) is 0.367. The molecule has 3 aromatic rings. The quantitative estimate of drug-likeness (QED) is 0.457. The van der Waals surface area contributed by atoms with E-state index in [1.807, 2.05) is 25.1 Å². The molecule has 2 N–H and O–H groups in total. The lowest BCUT2D eigenvalue weighted by Crippen LogP contribution is -2.39. The summed E-state index contributed by atoms with van der Waals surface area (Å²) in [6, 6.07) is 7.45. The molecule has 1 aliphatic heterocycles. The zero-order valence-corrected chi connectivity index (χ0v) is 22.5. The van der Waals surface area contributed by atoms with Crippen LogP contribution in [-0.4, -0.2) is 49.4 Å². The van der Waals surface area contributed by atoms with Gasteiger partial charge in [-0.05, 0) is 89.8 Å². The van der Waals surface area contributed by atoms with Crippen LogP contribution in [0.2, 0.25) is 0 Å². The van der Waals surface area contributed by atoms with Gasteiger partial charge in [-0.15, -0.1) is 0 Å². The van der Waals surface area contributed by atoms with Gasteiger partial charge in [0.1, 0.15) is 0 Å². The predicted molar refractivity (Wildman–Crippen MR) is 150 cm³/mol. The number of allylic oxidation sites excluding steroid dienone is 3. The molecule has 0 saturated carbocycles. The van der Waals surface area contributed by atoms with Crippen molar-refractivity contribution in [1.29, 1.82) is 0 Å². The van der Waals surface area contributed by atoms with Crippen molar-refractivity contribution in [2.75, 3.05) is 18.4 Å². The molecule has 1 amide bonds. The summed E-state index contributed by atoms with van der Waals surface area (Å²) >= 11 is 0. The van der Waals surface area contributed by atoms with E-state index in [2.05, 4.69) is 68.4 Å². The van der Waals surface area contributed by atoms with Crippen LogP contribution in [0, 0.1) is 12.8 Å². The van der Waals surface area contributed by atoms with Gasteiger partial charge >= 0.3 is 0 Å². The van der Waals surface area contributed by atoms with Gasteiger partial charge in [0.2, 0.25) is 5.95 Å². The molecule has 0 radical (unpaired) electrons. The van der Waals surface area contributed by atoms with Gasteiger partial charge in [-0.3, -0.25) is 19.7 Å². The zero-order valence-electron chi connectivity index (χ0n) is 22.5. The Morgan fingerprint density at radius 1 is 1.08 bits per heavy atom. The number of likely N-dealkylation sites (tertiary alicyclic amines) is 1. The number of pyridine rings is 2. The molecule has 2 aliphatic rings. The van der Waals surface area contributed by atoms with Crippen LogP contribution in [0.4, 0.5) is 11.6 Å². The van der Waals surface area contributed by atoms with E-state index in [1.54, 1.807) is 30.9 Å². The molecule has 0 aromatic carbocycles. The molecule has 38 heavy (non-hydrogen) atoms. The van der Waals surface area contributed by atoms with Crippen molar-refractivity contribution in [2.45, 2.75) is 52.5 Å². The number of nitrogens with one attached hydrogen (secondary N) is 2. The fourth-order valence-corrected chi connectivity index (χ4v) is 4.99. The standard InChI is InChI=1S/C30H35N7O/c1-20-27(36-29-32-14-11-26(35-29)22-6-5-13-31-17-22)16-24(18-33-20)28(38)34-25-9-7-21(8-10-25)23-12-15-37(19-23)30(2,3)4/h5-7,9,11,13-14,16-18,23H,8,10,12,15,19H2,1-4H3,(H,34,38)(H,32,35,36). The topological polar surface area (TPSA) is 95.9 Å². The number of carbonyl (C=O) groups excluding carboxylic acids is 1. The van der Waals surface area contributed by atoms with Crippen LogP contribution >= 0.6 is 0 Å². The van der Waals surface area contributed by atoms with Gasteiger partial charge < -0.3 is 10.6 Å². The minimum absolute atomic E-state index is 0.173. The zero-order chi connectivity index (χ0) is 26.7. The molecule has 3 aromatic heterocycles.